The molecule has 1 N–H and O–H groups in total. The highest BCUT2D eigenvalue weighted by molar-refractivity contribution is 5.57. The summed E-state index contributed by atoms with van der Waals surface area (Å²) in [5.41, 5.74) is 2.39. The second kappa shape index (κ2) is 7.85. The Bertz CT molecular complexity index is 403. The van der Waals surface area contributed by atoms with Gasteiger partial charge in [0, 0.05) is 12.6 Å². The summed E-state index contributed by atoms with van der Waals surface area (Å²) in [5, 5.41) is 3.43. The van der Waals surface area contributed by atoms with E-state index in [2.05, 4.69) is 32.2 Å². The Kier molecular flexibility index (Phi) is 6.43. The molecule has 0 saturated carbocycles. The molecule has 1 aromatic carbocycles. The van der Waals surface area contributed by atoms with Crippen LogP contribution in [0.1, 0.15) is 26.3 Å². The summed E-state index contributed by atoms with van der Waals surface area (Å²) in [5.74, 6) is 2.30. The molecule has 0 heterocycles. The molecular formula is C16H25NO2. The van der Waals surface area contributed by atoms with Crippen molar-refractivity contribution in [3.05, 3.63) is 29.3 Å². The summed E-state index contributed by atoms with van der Waals surface area (Å²) in [6.45, 7) is 8.47. The maximum atomic E-state index is 5.27. The van der Waals surface area contributed by atoms with Crippen molar-refractivity contribution in [3.8, 4) is 11.5 Å². The Labute approximate surface area is 116 Å². The van der Waals surface area contributed by atoms with Crippen LogP contribution in [0.25, 0.3) is 6.08 Å². The molecule has 0 radical (unpaired) electrons. The number of rotatable bonds is 7. The number of ether oxygens (including phenoxy) is 2. The molecule has 3 heteroatoms. The monoisotopic (exact) mass is 263 g/mol. The summed E-state index contributed by atoms with van der Waals surface area (Å²) in [6.07, 6.45) is 2.15. The normalized spacial score (nSPS) is 11.8. The molecule has 0 bridgehead atoms. The summed E-state index contributed by atoms with van der Waals surface area (Å²) in [7, 11) is 3.33. The summed E-state index contributed by atoms with van der Waals surface area (Å²) in [6, 6.07) is 5.90. The van der Waals surface area contributed by atoms with Gasteiger partial charge in [0.15, 0.2) is 0 Å². The van der Waals surface area contributed by atoms with Crippen LogP contribution in [0.2, 0.25) is 0 Å². The van der Waals surface area contributed by atoms with Crippen LogP contribution in [0.3, 0.4) is 0 Å². The van der Waals surface area contributed by atoms with E-state index in [0.29, 0.717) is 5.92 Å². The van der Waals surface area contributed by atoms with Crippen molar-refractivity contribution in [1.82, 2.24) is 5.32 Å². The first-order valence-corrected chi connectivity index (χ1v) is 6.66. The van der Waals surface area contributed by atoms with Crippen LogP contribution in [-0.4, -0.2) is 27.3 Å². The van der Waals surface area contributed by atoms with Gasteiger partial charge in [-0.15, -0.1) is 0 Å². The first-order valence-electron chi connectivity index (χ1n) is 6.66. The summed E-state index contributed by atoms with van der Waals surface area (Å²) < 4.78 is 10.5. The molecule has 0 aliphatic heterocycles. The van der Waals surface area contributed by atoms with E-state index in [0.717, 1.165) is 30.2 Å². The lowest BCUT2D eigenvalue weighted by Gasteiger charge is -2.09. The van der Waals surface area contributed by atoms with Gasteiger partial charge < -0.3 is 14.8 Å². The molecule has 0 aliphatic carbocycles. The molecule has 0 aromatic heterocycles. The van der Waals surface area contributed by atoms with Gasteiger partial charge in [0.25, 0.3) is 0 Å². The van der Waals surface area contributed by atoms with Crippen LogP contribution in [0.5, 0.6) is 11.5 Å². The highest BCUT2D eigenvalue weighted by Crippen LogP contribution is 2.23. The van der Waals surface area contributed by atoms with Gasteiger partial charge in [-0.3, -0.25) is 0 Å². The third kappa shape index (κ3) is 5.79. The number of hydrogen-bond donors (Lipinski definition) is 1. The number of hydrogen-bond acceptors (Lipinski definition) is 3. The fourth-order valence-electron chi connectivity index (χ4n) is 1.81. The Morgan fingerprint density at radius 3 is 2.21 bits per heavy atom. The van der Waals surface area contributed by atoms with Gasteiger partial charge in [0.1, 0.15) is 11.5 Å². The minimum Gasteiger partial charge on any atom is -0.497 e. The zero-order valence-corrected chi connectivity index (χ0v) is 12.6. The molecule has 1 aromatic rings. The largest absolute Gasteiger partial charge is 0.497 e. The molecule has 0 atom stereocenters. The van der Waals surface area contributed by atoms with Crippen LogP contribution in [0.4, 0.5) is 0 Å². The molecule has 0 saturated heterocycles. The van der Waals surface area contributed by atoms with Gasteiger partial charge in [-0.1, -0.05) is 25.5 Å². The highest BCUT2D eigenvalue weighted by Gasteiger charge is 2.01. The second-order valence-corrected chi connectivity index (χ2v) is 5.16. The van der Waals surface area contributed by atoms with Crippen LogP contribution in [-0.2, 0) is 0 Å². The predicted molar refractivity (Wildman–Crippen MR) is 80.9 cm³/mol. The Balaban J connectivity index is 2.73. The van der Waals surface area contributed by atoms with E-state index >= 15 is 0 Å². The van der Waals surface area contributed by atoms with E-state index < -0.39 is 0 Å². The lowest BCUT2D eigenvalue weighted by Crippen LogP contribution is -2.21. The molecule has 0 aliphatic rings. The van der Waals surface area contributed by atoms with Gasteiger partial charge in [0.2, 0.25) is 0 Å². The summed E-state index contributed by atoms with van der Waals surface area (Å²) >= 11 is 0. The van der Waals surface area contributed by atoms with E-state index in [1.807, 2.05) is 18.2 Å². The van der Waals surface area contributed by atoms with Crippen LogP contribution < -0.4 is 14.8 Å². The standard InChI is InChI=1S/C16H25NO2/c1-12(2)10-17-11-13(3)6-14-7-15(18-4)9-16(8-14)19-5/h6-9,12,17H,10-11H2,1-5H3. The smallest absolute Gasteiger partial charge is 0.123 e. The van der Waals surface area contributed by atoms with Gasteiger partial charge in [-0.05, 0) is 37.1 Å². The molecule has 3 nitrogen and oxygen atoms in total. The van der Waals surface area contributed by atoms with Crippen molar-refractivity contribution in [3.63, 3.8) is 0 Å². The minimum atomic E-state index is 0.671. The van der Waals surface area contributed by atoms with Crippen molar-refractivity contribution in [2.45, 2.75) is 20.8 Å². The lowest BCUT2D eigenvalue weighted by molar-refractivity contribution is 0.394. The maximum Gasteiger partial charge on any atom is 0.123 e. The number of nitrogens with one attached hydrogen (secondary N) is 1. The van der Waals surface area contributed by atoms with Crippen molar-refractivity contribution < 1.29 is 9.47 Å². The van der Waals surface area contributed by atoms with E-state index in [1.54, 1.807) is 14.2 Å². The minimum absolute atomic E-state index is 0.671. The van der Waals surface area contributed by atoms with Crippen LogP contribution in [0.15, 0.2) is 23.8 Å². The fraction of sp³-hybridized carbons (Fsp3) is 0.500. The Morgan fingerprint density at radius 1 is 1.16 bits per heavy atom. The second-order valence-electron chi connectivity index (χ2n) is 5.16. The topological polar surface area (TPSA) is 30.5 Å². The van der Waals surface area contributed by atoms with Crippen molar-refractivity contribution in [2.75, 3.05) is 27.3 Å². The zero-order chi connectivity index (χ0) is 14.3. The molecule has 0 unspecified atom stereocenters. The third-order valence-corrected chi connectivity index (χ3v) is 2.74. The predicted octanol–water partition coefficient (Wildman–Crippen LogP) is 3.35. The summed E-state index contributed by atoms with van der Waals surface area (Å²) in [4.78, 5) is 0. The third-order valence-electron chi connectivity index (χ3n) is 2.74. The van der Waals surface area contributed by atoms with E-state index in [-0.39, 0.29) is 0 Å². The zero-order valence-electron chi connectivity index (χ0n) is 12.6. The van der Waals surface area contributed by atoms with Crippen LogP contribution >= 0.6 is 0 Å². The van der Waals surface area contributed by atoms with Gasteiger partial charge in [-0.25, -0.2) is 0 Å². The average Bonchev–Trinajstić information content (AvgIpc) is 2.37. The quantitative estimate of drug-likeness (QED) is 0.818. The van der Waals surface area contributed by atoms with Crippen molar-refractivity contribution >= 4 is 6.08 Å². The van der Waals surface area contributed by atoms with Gasteiger partial charge >= 0.3 is 0 Å². The molecule has 0 fully saturated rings. The fourth-order valence-corrected chi connectivity index (χ4v) is 1.81. The van der Waals surface area contributed by atoms with Gasteiger partial charge in [-0.2, -0.15) is 0 Å². The number of methoxy groups -OCH3 is 2. The Hall–Kier alpha value is -1.48. The molecule has 0 spiro atoms. The average molecular weight is 263 g/mol. The first-order chi connectivity index (χ1) is 9.05. The molecule has 0 amide bonds. The molecular weight excluding hydrogens is 238 g/mol. The SMILES string of the molecule is COc1cc(C=C(C)CNCC(C)C)cc(OC)c1. The molecule has 19 heavy (non-hydrogen) atoms. The highest BCUT2D eigenvalue weighted by atomic mass is 16.5. The Morgan fingerprint density at radius 2 is 1.74 bits per heavy atom. The van der Waals surface area contributed by atoms with E-state index in [1.165, 1.54) is 5.57 Å². The lowest BCUT2D eigenvalue weighted by atomic mass is 10.1. The number of benzene rings is 1. The van der Waals surface area contributed by atoms with Gasteiger partial charge in [0.05, 0.1) is 14.2 Å². The maximum absolute atomic E-state index is 5.27. The van der Waals surface area contributed by atoms with E-state index in [9.17, 15) is 0 Å². The van der Waals surface area contributed by atoms with Crippen molar-refractivity contribution in [1.29, 1.82) is 0 Å². The van der Waals surface area contributed by atoms with E-state index in [4.69, 9.17) is 9.47 Å². The van der Waals surface area contributed by atoms with Crippen molar-refractivity contribution in [2.24, 2.45) is 5.92 Å². The molecule has 106 valence electrons. The first kappa shape index (κ1) is 15.6. The molecule has 1 rings (SSSR count). The van der Waals surface area contributed by atoms with Crippen LogP contribution in [0, 0.1) is 5.92 Å².